The topological polar surface area (TPSA) is 95.1 Å². The Kier molecular flexibility index (Phi) is 4.11. The van der Waals surface area contributed by atoms with E-state index in [2.05, 4.69) is 5.32 Å². The largest absolute Gasteiger partial charge is 0.332 e. The van der Waals surface area contributed by atoms with Crippen molar-refractivity contribution in [3.8, 4) is 0 Å². The van der Waals surface area contributed by atoms with E-state index in [4.69, 9.17) is 0 Å². The molecule has 0 spiro atoms. The van der Waals surface area contributed by atoms with Gasteiger partial charge in [-0.15, -0.1) is 0 Å². The zero-order chi connectivity index (χ0) is 19.2. The maximum atomic E-state index is 12.8. The first-order valence-electron chi connectivity index (χ1n) is 7.90. The van der Waals surface area contributed by atoms with Crippen LogP contribution in [0.15, 0.2) is 44.7 Å². The molecular formula is C18H18N4O4. The molecule has 8 nitrogen and oxygen atoms in total. The molecule has 3 aromatic rings. The summed E-state index contributed by atoms with van der Waals surface area (Å²) >= 11 is 0. The lowest BCUT2D eigenvalue weighted by Gasteiger charge is -2.14. The van der Waals surface area contributed by atoms with Crippen LogP contribution in [0.4, 0.5) is 5.69 Å². The van der Waals surface area contributed by atoms with Crippen LogP contribution in [0.1, 0.15) is 15.9 Å². The zero-order valence-electron chi connectivity index (χ0n) is 14.9. The molecule has 0 saturated heterocycles. The summed E-state index contributed by atoms with van der Waals surface area (Å²) in [6, 6.07) is 8.26. The standard InChI is InChI=1S/C18H18N4O4/c1-10-6-5-7-11(8-10)19-15(24)12-9-13(23)20(2)16-14(12)17(25)22(4)18(26)21(16)3/h5-9H,1-4H3,(H,19,24). The molecule has 8 heteroatoms. The number of aromatic nitrogens is 3. The van der Waals surface area contributed by atoms with E-state index < -0.39 is 22.7 Å². The highest BCUT2D eigenvalue weighted by Gasteiger charge is 2.20. The van der Waals surface area contributed by atoms with E-state index >= 15 is 0 Å². The van der Waals surface area contributed by atoms with Gasteiger partial charge in [-0.1, -0.05) is 12.1 Å². The van der Waals surface area contributed by atoms with Crippen LogP contribution in [0, 0.1) is 6.92 Å². The van der Waals surface area contributed by atoms with Gasteiger partial charge in [0, 0.05) is 32.9 Å². The number of hydrogen-bond donors (Lipinski definition) is 1. The van der Waals surface area contributed by atoms with Gasteiger partial charge in [-0.3, -0.25) is 28.1 Å². The Bertz CT molecular complexity index is 1230. The van der Waals surface area contributed by atoms with Crippen LogP contribution < -0.4 is 22.1 Å². The average Bonchev–Trinajstić information content (AvgIpc) is 2.59. The summed E-state index contributed by atoms with van der Waals surface area (Å²) in [6.07, 6.45) is 0. The van der Waals surface area contributed by atoms with E-state index in [1.165, 1.54) is 30.3 Å². The lowest BCUT2D eigenvalue weighted by Crippen LogP contribution is -2.40. The van der Waals surface area contributed by atoms with Gasteiger partial charge in [0.2, 0.25) is 0 Å². The zero-order valence-corrected chi connectivity index (χ0v) is 14.9. The number of nitrogens with one attached hydrogen (secondary N) is 1. The smallest absolute Gasteiger partial charge is 0.322 e. The van der Waals surface area contributed by atoms with Gasteiger partial charge in [0.25, 0.3) is 17.0 Å². The lowest BCUT2D eigenvalue weighted by molar-refractivity contribution is 0.102. The van der Waals surface area contributed by atoms with Crippen molar-refractivity contribution < 1.29 is 4.79 Å². The molecule has 2 heterocycles. The number of anilines is 1. The SMILES string of the molecule is Cc1cccc(NC(=O)c2cc(=O)n(C)c3c2c(=O)n(C)c(=O)n3C)c1. The van der Waals surface area contributed by atoms with E-state index in [9.17, 15) is 19.2 Å². The number of rotatable bonds is 2. The number of hydrogen-bond acceptors (Lipinski definition) is 4. The number of nitrogens with zero attached hydrogens (tertiary/aromatic N) is 3. The van der Waals surface area contributed by atoms with Gasteiger partial charge in [0.1, 0.15) is 5.65 Å². The van der Waals surface area contributed by atoms with Gasteiger partial charge in [-0.05, 0) is 24.6 Å². The molecule has 2 aromatic heterocycles. The quantitative estimate of drug-likeness (QED) is 0.725. The fraction of sp³-hybridized carbons (Fsp3) is 0.222. The summed E-state index contributed by atoms with van der Waals surface area (Å²) in [7, 11) is 4.23. The van der Waals surface area contributed by atoms with E-state index in [0.717, 1.165) is 16.2 Å². The summed E-state index contributed by atoms with van der Waals surface area (Å²) < 4.78 is 3.28. The highest BCUT2D eigenvalue weighted by molar-refractivity contribution is 6.11. The molecule has 0 bridgehead atoms. The Morgan fingerprint density at radius 3 is 2.31 bits per heavy atom. The van der Waals surface area contributed by atoms with Gasteiger partial charge >= 0.3 is 5.69 Å². The molecule has 3 rings (SSSR count). The van der Waals surface area contributed by atoms with Gasteiger partial charge < -0.3 is 5.32 Å². The highest BCUT2D eigenvalue weighted by atomic mass is 16.2. The van der Waals surface area contributed by atoms with Crippen molar-refractivity contribution in [3.05, 3.63) is 72.7 Å². The molecule has 0 aliphatic carbocycles. The second kappa shape index (κ2) is 6.14. The lowest BCUT2D eigenvalue weighted by atomic mass is 10.1. The van der Waals surface area contributed by atoms with Crippen LogP contribution in [-0.2, 0) is 21.1 Å². The summed E-state index contributed by atoms with van der Waals surface area (Å²) in [5.74, 6) is -0.589. The minimum atomic E-state index is -0.631. The average molecular weight is 354 g/mol. The molecule has 0 unspecified atom stereocenters. The van der Waals surface area contributed by atoms with Crippen LogP contribution in [0.3, 0.4) is 0 Å². The molecular weight excluding hydrogens is 336 g/mol. The van der Waals surface area contributed by atoms with Crippen LogP contribution in [0.2, 0.25) is 0 Å². The van der Waals surface area contributed by atoms with Crippen molar-refractivity contribution in [3.63, 3.8) is 0 Å². The third kappa shape index (κ3) is 2.65. The summed E-state index contributed by atoms with van der Waals surface area (Å²) in [6.45, 7) is 1.88. The van der Waals surface area contributed by atoms with Crippen molar-refractivity contribution in [1.82, 2.24) is 13.7 Å². The highest BCUT2D eigenvalue weighted by Crippen LogP contribution is 2.15. The summed E-state index contributed by atoms with van der Waals surface area (Å²) in [5, 5.41) is 2.71. The number of fused-ring (bicyclic) bond motifs is 1. The molecule has 0 fully saturated rings. The molecule has 0 aliphatic heterocycles. The van der Waals surface area contributed by atoms with E-state index in [1.807, 2.05) is 13.0 Å². The van der Waals surface area contributed by atoms with Crippen LogP contribution in [0.25, 0.3) is 11.0 Å². The Morgan fingerprint density at radius 2 is 1.65 bits per heavy atom. The molecule has 1 N–H and O–H groups in total. The Balaban J connectivity index is 2.32. The first-order valence-corrected chi connectivity index (χ1v) is 7.90. The maximum Gasteiger partial charge on any atom is 0.332 e. The number of aryl methyl sites for hydroxylation is 3. The molecule has 1 aromatic carbocycles. The minimum Gasteiger partial charge on any atom is -0.322 e. The number of pyridine rings is 1. The number of carbonyl (C=O) groups is 1. The van der Waals surface area contributed by atoms with E-state index in [-0.39, 0.29) is 16.6 Å². The second-order valence-electron chi connectivity index (χ2n) is 6.18. The van der Waals surface area contributed by atoms with Gasteiger partial charge in [0.05, 0.1) is 10.9 Å². The fourth-order valence-electron chi connectivity index (χ4n) is 2.96. The first kappa shape index (κ1) is 17.4. The Morgan fingerprint density at radius 1 is 0.962 bits per heavy atom. The Labute approximate surface area is 147 Å². The first-order chi connectivity index (χ1) is 12.2. The summed E-state index contributed by atoms with van der Waals surface area (Å²) in [5.41, 5.74) is -0.168. The van der Waals surface area contributed by atoms with Gasteiger partial charge in [-0.2, -0.15) is 0 Å². The normalized spacial score (nSPS) is 10.9. The van der Waals surface area contributed by atoms with Crippen LogP contribution in [-0.4, -0.2) is 19.6 Å². The van der Waals surface area contributed by atoms with Crippen molar-refractivity contribution in [2.24, 2.45) is 21.1 Å². The summed E-state index contributed by atoms with van der Waals surface area (Å²) in [4.78, 5) is 49.9. The molecule has 1 amide bonds. The van der Waals surface area contributed by atoms with Crippen molar-refractivity contribution in [2.75, 3.05) is 5.32 Å². The van der Waals surface area contributed by atoms with E-state index in [1.54, 1.807) is 18.2 Å². The predicted molar refractivity (Wildman–Crippen MR) is 98.8 cm³/mol. The Hall–Kier alpha value is -3.42. The van der Waals surface area contributed by atoms with Crippen molar-refractivity contribution in [1.29, 1.82) is 0 Å². The van der Waals surface area contributed by atoms with Crippen molar-refractivity contribution in [2.45, 2.75) is 6.92 Å². The third-order valence-electron chi connectivity index (χ3n) is 4.34. The van der Waals surface area contributed by atoms with E-state index in [0.29, 0.717) is 5.69 Å². The van der Waals surface area contributed by atoms with Crippen LogP contribution >= 0.6 is 0 Å². The second-order valence-corrected chi connectivity index (χ2v) is 6.18. The maximum absolute atomic E-state index is 12.8. The van der Waals surface area contributed by atoms with Gasteiger partial charge in [-0.25, -0.2) is 4.79 Å². The molecule has 0 radical (unpaired) electrons. The van der Waals surface area contributed by atoms with Crippen molar-refractivity contribution >= 4 is 22.6 Å². The molecule has 134 valence electrons. The minimum absolute atomic E-state index is 0.0156. The molecule has 0 saturated carbocycles. The predicted octanol–water partition coefficient (Wildman–Crippen LogP) is 0.497. The molecule has 0 aliphatic rings. The molecule has 0 atom stereocenters. The number of amides is 1. The number of carbonyl (C=O) groups excluding carboxylic acids is 1. The van der Waals surface area contributed by atoms with Gasteiger partial charge in [0.15, 0.2) is 0 Å². The monoisotopic (exact) mass is 354 g/mol. The van der Waals surface area contributed by atoms with Crippen LogP contribution in [0.5, 0.6) is 0 Å². The fourth-order valence-corrected chi connectivity index (χ4v) is 2.96. The molecule has 26 heavy (non-hydrogen) atoms. The number of benzene rings is 1. The third-order valence-corrected chi connectivity index (χ3v) is 4.34.